The Balaban J connectivity index is 1.76. The second-order valence-corrected chi connectivity index (χ2v) is 5.75. The van der Waals surface area contributed by atoms with Gasteiger partial charge in [-0.1, -0.05) is 48.0 Å². The maximum Gasteiger partial charge on any atom is 0.185 e. The van der Waals surface area contributed by atoms with Gasteiger partial charge < -0.3 is 9.84 Å². The molecule has 1 N–H and O–H groups in total. The zero-order valence-corrected chi connectivity index (χ0v) is 14.0. The van der Waals surface area contributed by atoms with Gasteiger partial charge in [0.15, 0.2) is 5.78 Å². The summed E-state index contributed by atoms with van der Waals surface area (Å²) in [6.07, 6.45) is 3.17. The first kappa shape index (κ1) is 16.8. The third kappa shape index (κ3) is 4.49. The number of phenols is 1. The number of hydrogen-bond acceptors (Lipinski definition) is 3. The summed E-state index contributed by atoms with van der Waals surface area (Å²) in [5, 5.41) is 10.1. The molecule has 0 aliphatic heterocycles. The molecule has 0 heterocycles. The van der Waals surface area contributed by atoms with Crippen LogP contribution in [0.1, 0.15) is 15.9 Å². The molecule has 0 aromatic heterocycles. The van der Waals surface area contributed by atoms with Crippen molar-refractivity contribution < 1.29 is 14.6 Å². The highest BCUT2D eigenvalue weighted by Crippen LogP contribution is 2.25. The normalized spacial score (nSPS) is 10.8. The number of hydrogen-bond donors (Lipinski definition) is 1. The van der Waals surface area contributed by atoms with Crippen LogP contribution in [0.3, 0.4) is 0 Å². The van der Waals surface area contributed by atoms with Crippen LogP contribution in [0.25, 0.3) is 6.08 Å². The summed E-state index contributed by atoms with van der Waals surface area (Å²) < 4.78 is 5.67. The molecule has 4 heteroatoms. The molecular formula is C21H15ClO3. The summed E-state index contributed by atoms with van der Waals surface area (Å²) in [5.41, 5.74) is 1.28. The van der Waals surface area contributed by atoms with E-state index in [0.29, 0.717) is 22.1 Å². The van der Waals surface area contributed by atoms with E-state index in [2.05, 4.69) is 0 Å². The SMILES string of the molecule is O=C(/C=C/c1ccccc1Cl)c1cccc(Oc2cccc(O)c2)c1. The lowest BCUT2D eigenvalue weighted by atomic mass is 10.1. The van der Waals surface area contributed by atoms with Crippen LogP contribution in [0.4, 0.5) is 0 Å². The van der Waals surface area contributed by atoms with E-state index in [4.69, 9.17) is 16.3 Å². The highest BCUT2D eigenvalue weighted by molar-refractivity contribution is 6.32. The summed E-state index contributed by atoms with van der Waals surface area (Å²) >= 11 is 6.08. The van der Waals surface area contributed by atoms with Crippen molar-refractivity contribution in [3.8, 4) is 17.2 Å². The maximum atomic E-state index is 12.4. The Morgan fingerprint density at radius 1 is 0.920 bits per heavy atom. The summed E-state index contributed by atoms with van der Waals surface area (Å²) in [6.45, 7) is 0. The van der Waals surface area contributed by atoms with Gasteiger partial charge in [-0.05, 0) is 48.0 Å². The van der Waals surface area contributed by atoms with Gasteiger partial charge in [-0.15, -0.1) is 0 Å². The van der Waals surface area contributed by atoms with E-state index < -0.39 is 0 Å². The molecule has 3 aromatic rings. The molecule has 0 saturated carbocycles. The van der Waals surface area contributed by atoms with E-state index in [9.17, 15) is 9.90 Å². The summed E-state index contributed by atoms with van der Waals surface area (Å²) in [5.74, 6) is 0.979. The molecule has 0 fully saturated rings. The Morgan fingerprint density at radius 3 is 2.40 bits per heavy atom. The molecule has 3 rings (SSSR count). The summed E-state index contributed by atoms with van der Waals surface area (Å²) in [6, 6.07) is 20.7. The van der Waals surface area contributed by atoms with Gasteiger partial charge in [-0.25, -0.2) is 0 Å². The molecule has 3 aromatic carbocycles. The standard InChI is InChI=1S/C21H15ClO3/c22-20-10-2-1-5-15(20)11-12-21(24)16-6-3-8-18(13-16)25-19-9-4-7-17(23)14-19/h1-14,23H/b12-11+. The van der Waals surface area contributed by atoms with Crippen molar-refractivity contribution in [3.63, 3.8) is 0 Å². The van der Waals surface area contributed by atoms with Gasteiger partial charge in [-0.3, -0.25) is 4.79 Å². The molecule has 0 unspecified atom stereocenters. The molecule has 0 aliphatic carbocycles. The largest absolute Gasteiger partial charge is 0.508 e. The highest BCUT2D eigenvalue weighted by atomic mass is 35.5. The number of aromatic hydroxyl groups is 1. The van der Waals surface area contributed by atoms with Gasteiger partial charge in [0.05, 0.1) is 0 Å². The minimum Gasteiger partial charge on any atom is -0.508 e. The predicted octanol–water partition coefficient (Wildman–Crippen LogP) is 5.73. The average molecular weight is 351 g/mol. The van der Waals surface area contributed by atoms with Crippen molar-refractivity contribution in [2.45, 2.75) is 0 Å². The van der Waals surface area contributed by atoms with E-state index in [0.717, 1.165) is 5.56 Å². The lowest BCUT2D eigenvalue weighted by Crippen LogP contribution is -1.95. The molecule has 25 heavy (non-hydrogen) atoms. The molecule has 3 nitrogen and oxygen atoms in total. The van der Waals surface area contributed by atoms with Crippen molar-refractivity contribution >= 4 is 23.5 Å². The molecule has 0 saturated heterocycles. The maximum absolute atomic E-state index is 12.4. The van der Waals surface area contributed by atoms with Crippen LogP contribution >= 0.6 is 11.6 Å². The fourth-order valence-corrected chi connectivity index (χ4v) is 2.47. The monoisotopic (exact) mass is 350 g/mol. The van der Waals surface area contributed by atoms with Crippen molar-refractivity contribution in [1.29, 1.82) is 0 Å². The molecular weight excluding hydrogens is 336 g/mol. The molecule has 0 spiro atoms. The van der Waals surface area contributed by atoms with E-state index in [1.165, 1.54) is 12.1 Å². The highest BCUT2D eigenvalue weighted by Gasteiger charge is 2.05. The predicted molar refractivity (Wildman–Crippen MR) is 99.4 cm³/mol. The van der Waals surface area contributed by atoms with Gasteiger partial charge in [-0.2, -0.15) is 0 Å². The van der Waals surface area contributed by atoms with E-state index in [1.54, 1.807) is 54.6 Å². The fourth-order valence-electron chi connectivity index (χ4n) is 2.27. The van der Waals surface area contributed by atoms with Gasteiger partial charge >= 0.3 is 0 Å². The Morgan fingerprint density at radius 2 is 1.64 bits per heavy atom. The lowest BCUT2D eigenvalue weighted by Gasteiger charge is -2.07. The molecule has 0 bridgehead atoms. The van der Waals surface area contributed by atoms with Crippen molar-refractivity contribution in [2.75, 3.05) is 0 Å². The molecule has 0 amide bonds. The number of benzene rings is 3. The smallest absolute Gasteiger partial charge is 0.185 e. The number of carbonyl (C=O) groups is 1. The molecule has 0 atom stereocenters. The number of rotatable bonds is 5. The van der Waals surface area contributed by atoms with Crippen molar-refractivity contribution in [1.82, 2.24) is 0 Å². The lowest BCUT2D eigenvalue weighted by molar-refractivity contribution is 0.104. The average Bonchev–Trinajstić information content (AvgIpc) is 2.61. The van der Waals surface area contributed by atoms with Gasteiger partial charge in [0.2, 0.25) is 0 Å². The molecule has 0 aliphatic rings. The van der Waals surface area contributed by atoms with E-state index >= 15 is 0 Å². The minimum absolute atomic E-state index is 0.118. The topological polar surface area (TPSA) is 46.5 Å². The number of ketones is 1. The van der Waals surface area contributed by atoms with E-state index in [1.807, 2.05) is 18.2 Å². The van der Waals surface area contributed by atoms with Crippen LogP contribution in [-0.2, 0) is 0 Å². The first-order chi connectivity index (χ1) is 12.1. The van der Waals surface area contributed by atoms with Crippen molar-refractivity contribution in [3.05, 3.63) is 95.0 Å². The fraction of sp³-hybridized carbons (Fsp3) is 0. The number of ether oxygens (including phenoxy) is 1. The second kappa shape index (κ2) is 7.69. The van der Waals surface area contributed by atoms with Crippen LogP contribution in [0.2, 0.25) is 5.02 Å². The quantitative estimate of drug-likeness (QED) is 0.472. The number of phenolic OH excluding ortho intramolecular Hbond substituents is 1. The number of allylic oxidation sites excluding steroid dienone is 1. The van der Waals surface area contributed by atoms with Gasteiger partial charge in [0.25, 0.3) is 0 Å². The number of carbonyl (C=O) groups excluding carboxylic acids is 1. The molecule has 124 valence electrons. The first-order valence-electron chi connectivity index (χ1n) is 7.66. The Bertz CT molecular complexity index is 932. The Labute approximate surface area is 150 Å². The third-order valence-electron chi connectivity index (χ3n) is 3.49. The zero-order valence-electron chi connectivity index (χ0n) is 13.2. The van der Waals surface area contributed by atoms with Gasteiger partial charge in [0.1, 0.15) is 17.2 Å². The first-order valence-corrected chi connectivity index (χ1v) is 8.03. The van der Waals surface area contributed by atoms with Crippen LogP contribution in [0.5, 0.6) is 17.2 Å². The zero-order chi connectivity index (χ0) is 17.6. The summed E-state index contributed by atoms with van der Waals surface area (Å²) in [7, 11) is 0. The second-order valence-electron chi connectivity index (χ2n) is 5.35. The molecule has 0 radical (unpaired) electrons. The number of halogens is 1. The Hall–Kier alpha value is -3.04. The third-order valence-corrected chi connectivity index (χ3v) is 3.84. The van der Waals surface area contributed by atoms with Crippen LogP contribution in [0, 0.1) is 0 Å². The van der Waals surface area contributed by atoms with Crippen LogP contribution < -0.4 is 4.74 Å². The van der Waals surface area contributed by atoms with Gasteiger partial charge in [0, 0.05) is 16.7 Å². The van der Waals surface area contributed by atoms with Crippen LogP contribution in [0.15, 0.2) is 78.9 Å². The minimum atomic E-state index is -0.152. The van der Waals surface area contributed by atoms with Crippen LogP contribution in [-0.4, -0.2) is 10.9 Å². The van der Waals surface area contributed by atoms with Crippen molar-refractivity contribution in [2.24, 2.45) is 0 Å². The van der Waals surface area contributed by atoms with E-state index in [-0.39, 0.29) is 11.5 Å². The summed E-state index contributed by atoms with van der Waals surface area (Å²) in [4.78, 5) is 12.4. The Kier molecular flexibility index (Phi) is 5.17.